The minimum absolute atomic E-state index is 0.00788. The number of hydrogen-bond donors (Lipinski definition) is 0. The molecule has 11 nitrogen and oxygen atoms in total. The van der Waals surface area contributed by atoms with E-state index in [2.05, 4.69) is 30.9 Å². The maximum atomic E-state index is 17.0. The summed E-state index contributed by atoms with van der Waals surface area (Å²) in [5.74, 6) is 0.268. The molecule has 0 saturated carbocycles. The van der Waals surface area contributed by atoms with Gasteiger partial charge in [0.25, 0.3) is 0 Å². The number of pyridine rings is 1. The van der Waals surface area contributed by atoms with Crippen molar-refractivity contribution in [3.05, 3.63) is 83.3 Å². The van der Waals surface area contributed by atoms with E-state index < -0.39 is 23.6 Å². The van der Waals surface area contributed by atoms with Gasteiger partial charge in [-0.25, -0.2) is 18.7 Å². The monoisotopic (exact) mass is 763 g/mol. The van der Waals surface area contributed by atoms with Crippen molar-refractivity contribution >= 4 is 51.1 Å². The van der Waals surface area contributed by atoms with Crippen LogP contribution in [0.1, 0.15) is 57.0 Å². The molecule has 2 aromatic carbocycles. The van der Waals surface area contributed by atoms with Crippen molar-refractivity contribution in [2.24, 2.45) is 0 Å². The zero-order valence-corrected chi connectivity index (χ0v) is 31.4. The highest BCUT2D eigenvalue weighted by molar-refractivity contribution is 6.36. The molecule has 0 radical (unpaired) electrons. The Hall–Kier alpha value is -5.32. The van der Waals surface area contributed by atoms with Crippen molar-refractivity contribution < 1.29 is 18.3 Å². The molecule has 3 saturated heterocycles. The third kappa shape index (κ3) is 7.05. The summed E-state index contributed by atoms with van der Waals surface area (Å²) in [6.07, 6.45) is 7.54. The predicted octanol–water partition coefficient (Wildman–Crippen LogP) is 7.15. The van der Waals surface area contributed by atoms with Crippen LogP contribution in [0, 0.1) is 17.1 Å². The van der Waals surface area contributed by atoms with Gasteiger partial charge in [0, 0.05) is 73.0 Å². The Morgan fingerprint density at radius 2 is 1.95 bits per heavy atom. The van der Waals surface area contributed by atoms with E-state index in [9.17, 15) is 14.4 Å². The van der Waals surface area contributed by atoms with Crippen LogP contribution in [-0.2, 0) is 4.79 Å². The van der Waals surface area contributed by atoms with Crippen LogP contribution in [0.25, 0.3) is 39.0 Å². The number of alkyl halides is 1. The molecule has 0 N–H and O–H groups in total. The van der Waals surface area contributed by atoms with Gasteiger partial charge < -0.3 is 14.5 Å². The van der Waals surface area contributed by atoms with E-state index in [1.807, 2.05) is 43.0 Å². The van der Waals surface area contributed by atoms with E-state index in [1.165, 1.54) is 6.08 Å². The largest absolute Gasteiger partial charge is 0.461 e. The Morgan fingerprint density at radius 1 is 1.11 bits per heavy atom. The molecule has 0 bridgehead atoms. The highest BCUT2D eigenvalue weighted by Crippen LogP contribution is 2.41. The van der Waals surface area contributed by atoms with E-state index in [-0.39, 0.29) is 55.2 Å². The minimum atomic E-state index is -0.944. The number of carbonyl (C=O) groups excluding carboxylic acids is 1. The molecule has 0 unspecified atom stereocenters. The van der Waals surface area contributed by atoms with Crippen molar-refractivity contribution in [2.75, 3.05) is 44.2 Å². The van der Waals surface area contributed by atoms with Crippen molar-refractivity contribution in [1.82, 2.24) is 34.7 Å². The fourth-order valence-electron chi connectivity index (χ4n) is 8.28. The molecule has 55 heavy (non-hydrogen) atoms. The first-order valence-electron chi connectivity index (χ1n) is 18.6. The lowest BCUT2D eigenvalue weighted by Gasteiger charge is -2.41. The van der Waals surface area contributed by atoms with Crippen molar-refractivity contribution in [3.63, 3.8) is 0 Å². The zero-order valence-electron chi connectivity index (χ0n) is 30.6. The zero-order chi connectivity index (χ0) is 38.3. The summed E-state index contributed by atoms with van der Waals surface area (Å²) in [5.41, 5.74) is 0.740. The average Bonchev–Trinajstić information content (AvgIpc) is 3.72. The summed E-state index contributed by atoms with van der Waals surface area (Å²) in [4.78, 5) is 42.2. The van der Waals surface area contributed by atoms with Crippen LogP contribution in [0.5, 0.6) is 6.01 Å². The molecule has 6 heterocycles. The SMILES string of the molecule is CC(C)c1nccc(/C=C/C(=O)N2CCN(c3nc(OC[C@@]45CCCN4C[C@H](F)C5)nc4c(F)c(-c5cccc6cccc(Cl)c56)ncc34)C[C@@H]2CC#N)n1. The molecule has 0 spiro atoms. The van der Waals surface area contributed by atoms with Crippen LogP contribution >= 0.6 is 11.6 Å². The lowest BCUT2D eigenvalue weighted by molar-refractivity contribution is -0.128. The number of rotatable bonds is 9. The van der Waals surface area contributed by atoms with Gasteiger partial charge in [0.15, 0.2) is 5.82 Å². The molecule has 3 fully saturated rings. The Labute approximate surface area is 322 Å². The van der Waals surface area contributed by atoms with Gasteiger partial charge >= 0.3 is 6.01 Å². The van der Waals surface area contributed by atoms with Gasteiger partial charge in [-0.15, -0.1) is 0 Å². The number of carbonyl (C=O) groups is 1. The third-order valence-corrected chi connectivity index (χ3v) is 11.3. The number of piperazine rings is 1. The van der Waals surface area contributed by atoms with Gasteiger partial charge in [-0.05, 0) is 43.0 Å². The number of anilines is 1. The van der Waals surface area contributed by atoms with Gasteiger partial charge in [-0.2, -0.15) is 15.2 Å². The van der Waals surface area contributed by atoms with Crippen LogP contribution < -0.4 is 9.64 Å². The van der Waals surface area contributed by atoms with Gasteiger partial charge in [0.1, 0.15) is 35.6 Å². The molecule has 3 aromatic heterocycles. The van der Waals surface area contributed by atoms with Crippen LogP contribution in [0.4, 0.5) is 14.6 Å². The smallest absolute Gasteiger partial charge is 0.319 e. The molecule has 3 atom stereocenters. The van der Waals surface area contributed by atoms with E-state index >= 15 is 4.39 Å². The molecule has 8 rings (SSSR count). The number of ether oxygens (including phenoxy) is 1. The normalized spacial score (nSPS) is 21.5. The number of nitrogens with zero attached hydrogens (tertiary/aromatic N) is 9. The number of halogens is 3. The molecule has 3 aliphatic rings. The predicted molar refractivity (Wildman–Crippen MR) is 207 cm³/mol. The maximum Gasteiger partial charge on any atom is 0.319 e. The summed E-state index contributed by atoms with van der Waals surface area (Å²) >= 11 is 6.64. The highest BCUT2D eigenvalue weighted by Gasteiger charge is 2.49. The second kappa shape index (κ2) is 15.1. The number of nitriles is 1. The first-order valence-corrected chi connectivity index (χ1v) is 19.0. The van der Waals surface area contributed by atoms with E-state index in [1.54, 1.807) is 41.6 Å². The number of amides is 1. The fraction of sp³-hybridized carbons (Fsp3) is 0.390. The second-order valence-electron chi connectivity index (χ2n) is 14.8. The van der Waals surface area contributed by atoms with Crippen LogP contribution in [0.3, 0.4) is 0 Å². The fourth-order valence-corrected chi connectivity index (χ4v) is 8.57. The third-order valence-electron chi connectivity index (χ3n) is 11.0. The van der Waals surface area contributed by atoms with Gasteiger partial charge in [0.05, 0.1) is 35.2 Å². The van der Waals surface area contributed by atoms with Gasteiger partial charge in [0.2, 0.25) is 5.91 Å². The number of aromatic nitrogens is 5. The lowest BCUT2D eigenvalue weighted by Crippen LogP contribution is -2.55. The van der Waals surface area contributed by atoms with E-state index in [0.29, 0.717) is 58.2 Å². The quantitative estimate of drug-likeness (QED) is 0.143. The van der Waals surface area contributed by atoms with Gasteiger partial charge in [-0.3, -0.25) is 14.7 Å². The molecule has 14 heteroatoms. The topological polar surface area (TPSA) is 124 Å². The number of hydrogen-bond acceptors (Lipinski definition) is 10. The summed E-state index contributed by atoms with van der Waals surface area (Å²) in [7, 11) is 0. The molecular weight excluding hydrogens is 724 g/mol. The Balaban J connectivity index is 1.15. The Bertz CT molecular complexity index is 2350. The first-order chi connectivity index (χ1) is 26.6. The summed E-state index contributed by atoms with van der Waals surface area (Å²) in [6, 6.07) is 14.4. The second-order valence-corrected chi connectivity index (χ2v) is 15.2. The Kier molecular flexibility index (Phi) is 10.0. The molecule has 0 aliphatic carbocycles. The molecule has 1 amide bonds. The van der Waals surface area contributed by atoms with E-state index in [4.69, 9.17) is 21.3 Å². The number of benzene rings is 2. The highest BCUT2D eigenvalue weighted by atomic mass is 35.5. The van der Waals surface area contributed by atoms with Crippen LogP contribution in [0.15, 0.2) is 60.9 Å². The average molecular weight is 764 g/mol. The molecule has 282 valence electrons. The summed E-state index contributed by atoms with van der Waals surface area (Å²) in [5, 5.41) is 12.2. The van der Waals surface area contributed by atoms with Crippen molar-refractivity contribution in [2.45, 2.75) is 63.2 Å². The standard InChI is InChI=1S/C41H40ClF2N9O2/c1-25(2)38-46-16-13-28(48-38)10-11-33(54)53-19-18-51(23-29(53)12-15-45)39-31-21-47-36(30-8-3-6-26-7-4-9-32(42)34(26)30)35(44)37(31)49-40(50-39)55-24-41-14-5-17-52(41)22-27(43)20-41/h3-4,6-11,13,16,21,25,27,29H,5,12,14,17-20,22-24H2,1-2H3/b11-10+/t27-,29+,41+/m1/s1. The Morgan fingerprint density at radius 3 is 2.76 bits per heavy atom. The first kappa shape index (κ1) is 36.6. The van der Waals surface area contributed by atoms with Crippen LogP contribution in [-0.4, -0.2) is 97.7 Å². The van der Waals surface area contributed by atoms with Crippen molar-refractivity contribution in [3.8, 4) is 23.3 Å². The van der Waals surface area contributed by atoms with Gasteiger partial charge in [-0.1, -0.05) is 55.8 Å². The number of fused-ring (bicyclic) bond motifs is 3. The van der Waals surface area contributed by atoms with E-state index in [0.717, 1.165) is 24.8 Å². The lowest BCUT2D eigenvalue weighted by atomic mass is 9.95. The summed E-state index contributed by atoms with van der Waals surface area (Å²) < 4.78 is 37.9. The summed E-state index contributed by atoms with van der Waals surface area (Å²) in [6.45, 7) is 6.17. The minimum Gasteiger partial charge on any atom is -0.461 e. The maximum absolute atomic E-state index is 17.0. The molecular formula is C41H40ClF2N9O2. The molecule has 5 aromatic rings. The van der Waals surface area contributed by atoms with Crippen LogP contribution in [0.2, 0.25) is 5.02 Å². The van der Waals surface area contributed by atoms with Crippen molar-refractivity contribution in [1.29, 1.82) is 5.26 Å². The molecule has 3 aliphatic heterocycles.